The number of amides is 1. The van der Waals surface area contributed by atoms with Crippen LogP contribution < -0.4 is 26.7 Å². The van der Waals surface area contributed by atoms with Crippen molar-refractivity contribution >= 4 is 34.2 Å². The van der Waals surface area contributed by atoms with Crippen molar-refractivity contribution in [2.45, 2.75) is 45.4 Å². The van der Waals surface area contributed by atoms with Crippen LogP contribution in [0.4, 0.5) is 0 Å². The molecule has 0 bridgehead atoms. The van der Waals surface area contributed by atoms with Gasteiger partial charge in [-0.15, -0.1) is 0 Å². The molecule has 0 saturated heterocycles. The highest BCUT2D eigenvalue weighted by molar-refractivity contribution is 6.06. The van der Waals surface area contributed by atoms with Crippen molar-refractivity contribution in [3.63, 3.8) is 0 Å². The number of hydrogen-bond donors (Lipinski definition) is 4. The first kappa shape index (κ1) is 30.0. The number of nitrogens with zero attached hydrogens (tertiary/aromatic N) is 3. The van der Waals surface area contributed by atoms with Gasteiger partial charge in [0.1, 0.15) is 22.3 Å². The molecule has 0 radical (unpaired) electrons. The number of unbranched alkanes of at least 4 members (excludes halogenated alkanes) is 4. The van der Waals surface area contributed by atoms with Crippen LogP contribution in [0.5, 0.6) is 5.75 Å². The van der Waals surface area contributed by atoms with Crippen molar-refractivity contribution in [1.82, 2.24) is 30.4 Å². The fourth-order valence-corrected chi connectivity index (χ4v) is 4.49. The molecule has 1 amide bonds. The van der Waals surface area contributed by atoms with E-state index in [-0.39, 0.29) is 50.3 Å². The molecule has 4 N–H and O–H groups in total. The minimum Gasteiger partial charge on any atom is -0.507 e. The summed E-state index contributed by atoms with van der Waals surface area (Å²) in [5, 5.41) is 17.2. The predicted octanol–water partition coefficient (Wildman–Crippen LogP) is 1.69. The first-order valence-corrected chi connectivity index (χ1v) is 13.6. The Morgan fingerprint density at radius 3 is 2.21 bits per heavy atom. The second-order valence-corrected chi connectivity index (χ2v) is 10.6. The van der Waals surface area contributed by atoms with E-state index >= 15 is 0 Å². The molecular weight excluding hydrogens is 496 g/mol. The van der Waals surface area contributed by atoms with Gasteiger partial charge in [-0.05, 0) is 86.0 Å². The van der Waals surface area contributed by atoms with Crippen LogP contribution >= 0.6 is 0 Å². The second-order valence-electron chi connectivity index (χ2n) is 10.6. The highest BCUT2D eigenvalue weighted by Crippen LogP contribution is 2.17. The summed E-state index contributed by atoms with van der Waals surface area (Å²) in [7, 11) is 8.16. The molecule has 0 saturated carbocycles. The lowest BCUT2D eigenvalue weighted by Gasteiger charge is -2.11. The summed E-state index contributed by atoms with van der Waals surface area (Å²) in [4.78, 5) is 50.6. The lowest BCUT2D eigenvalue weighted by Crippen LogP contribution is -2.26. The Labute approximate surface area is 229 Å². The molecule has 0 atom stereocenters. The zero-order valence-corrected chi connectivity index (χ0v) is 23.8. The van der Waals surface area contributed by atoms with Crippen LogP contribution in [-0.4, -0.2) is 85.2 Å². The number of carbonyl (C=O) groups excluding carboxylic acids is 1. The quantitative estimate of drug-likeness (QED) is 0.180. The molecule has 0 unspecified atom stereocenters. The van der Waals surface area contributed by atoms with E-state index in [4.69, 9.17) is 0 Å². The van der Waals surface area contributed by atoms with Gasteiger partial charge in [-0.3, -0.25) is 14.4 Å². The van der Waals surface area contributed by atoms with Gasteiger partial charge in [-0.1, -0.05) is 12.8 Å². The van der Waals surface area contributed by atoms with Crippen LogP contribution in [-0.2, 0) is 0 Å². The summed E-state index contributed by atoms with van der Waals surface area (Å²) < 4.78 is 0. The zero-order chi connectivity index (χ0) is 28.5. The first-order valence-electron chi connectivity index (χ1n) is 13.6. The van der Waals surface area contributed by atoms with Crippen LogP contribution in [0, 0.1) is 6.92 Å². The third-order valence-electron chi connectivity index (χ3n) is 6.77. The summed E-state index contributed by atoms with van der Waals surface area (Å²) in [6.45, 7) is 4.77. The molecule has 2 aromatic carbocycles. The zero-order valence-electron chi connectivity index (χ0n) is 23.8. The van der Waals surface area contributed by atoms with Crippen LogP contribution in [0.1, 0.15) is 54.4 Å². The van der Waals surface area contributed by atoms with Gasteiger partial charge in [0.05, 0.1) is 16.3 Å². The van der Waals surface area contributed by atoms with Gasteiger partial charge in [0.25, 0.3) is 5.91 Å². The number of hydrogen-bond acceptors (Lipinski definition) is 8. The van der Waals surface area contributed by atoms with Gasteiger partial charge in [0, 0.05) is 24.9 Å². The fraction of sp³-hybridized carbons (Fsp3) is 0.517. The minimum atomic E-state index is -0.429. The van der Waals surface area contributed by atoms with E-state index in [1.165, 1.54) is 12.1 Å². The standard InChI is InChI=1S/C29H42N6O4/c1-19-27(37)21(18-30-14-8-6-10-16-34(2)3)24-26(28(19)38)33-23-20(12-13-22(36)25(23)32-24)29(39)31-15-9-7-11-17-35(4)5/h12-13,18,30,33,37H,6-11,14-17H2,1-5H3,(H,31,39). The summed E-state index contributed by atoms with van der Waals surface area (Å²) in [5.74, 6) is -0.515. The van der Waals surface area contributed by atoms with Crippen LogP contribution in [0.3, 0.4) is 0 Å². The third kappa shape index (κ3) is 7.77. The molecule has 3 aromatic rings. The van der Waals surface area contributed by atoms with Gasteiger partial charge in [0.15, 0.2) is 0 Å². The molecular formula is C29H42N6O4. The highest BCUT2D eigenvalue weighted by Gasteiger charge is 2.18. The molecule has 0 aliphatic carbocycles. The number of benzene rings is 2. The molecule has 0 spiro atoms. The topological polar surface area (TPSA) is 131 Å². The summed E-state index contributed by atoms with van der Waals surface area (Å²) in [6.07, 6.45) is 7.61. The van der Waals surface area contributed by atoms with E-state index in [1.54, 1.807) is 13.1 Å². The van der Waals surface area contributed by atoms with E-state index in [0.717, 1.165) is 51.6 Å². The molecule has 0 fully saturated rings. The van der Waals surface area contributed by atoms with Crippen molar-refractivity contribution in [3.05, 3.63) is 48.9 Å². The number of aromatic hydroxyl groups is 1. The van der Waals surface area contributed by atoms with Gasteiger partial charge in [-0.25, -0.2) is 4.98 Å². The molecule has 0 aliphatic heterocycles. The summed E-state index contributed by atoms with van der Waals surface area (Å²) in [5.41, 5.74) is 0.187. The number of carbonyl (C=O) groups is 1. The Morgan fingerprint density at radius 2 is 1.56 bits per heavy atom. The molecule has 1 aromatic heterocycles. The smallest absolute Gasteiger partial charge is 0.253 e. The van der Waals surface area contributed by atoms with Crippen LogP contribution in [0.2, 0.25) is 0 Å². The highest BCUT2D eigenvalue weighted by atomic mass is 16.3. The average molecular weight is 539 g/mol. The van der Waals surface area contributed by atoms with E-state index in [9.17, 15) is 19.5 Å². The molecule has 10 heteroatoms. The fourth-order valence-electron chi connectivity index (χ4n) is 4.49. The molecule has 212 valence electrons. The molecule has 1 heterocycles. The third-order valence-corrected chi connectivity index (χ3v) is 6.77. The Morgan fingerprint density at radius 1 is 0.923 bits per heavy atom. The van der Waals surface area contributed by atoms with Gasteiger partial charge < -0.3 is 30.5 Å². The minimum absolute atomic E-state index is 0.0436. The number of nitrogens with one attached hydrogen (secondary N) is 3. The maximum atomic E-state index is 13.1. The molecule has 39 heavy (non-hydrogen) atoms. The van der Waals surface area contributed by atoms with Crippen LogP contribution in [0.15, 0.2) is 21.7 Å². The largest absolute Gasteiger partial charge is 0.507 e. The van der Waals surface area contributed by atoms with E-state index in [2.05, 4.69) is 30.4 Å². The van der Waals surface area contributed by atoms with Gasteiger partial charge >= 0.3 is 0 Å². The number of aromatic nitrogens is 2. The van der Waals surface area contributed by atoms with E-state index < -0.39 is 5.43 Å². The Kier molecular flexibility index (Phi) is 10.8. The first-order chi connectivity index (χ1) is 18.6. The molecule has 3 rings (SSSR count). The second kappa shape index (κ2) is 14.0. The van der Waals surface area contributed by atoms with Crippen molar-refractivity contribution in [3.8, 4) is 5.75 Å². The number of aromatic amines is 1. The number of rotatable bonds is 14. The lowest BCUT2D eigenvalue weighted by molar-refractivity contribution is 0.0954. The Balaban J connectivity index is 1.90. The maximum absolute atomic E-state index is 13.1. The molecule has 10 nitrogen and oxygen atoms in total. The van der Waals surface area contributed by atoms with Crippen LogP contribution in [0.25, 0.3) is 28.3 Å². The van der Waals surface area contributed by atoms with Gasteiger partial charge in [-0.2, -0.15) is 0 Å². The van der Waals surface area contributed by atoms with E-state index in [1.807, 2.05) is 28.2 Å². The number of H-pyrrole nitrogens is 1. The molecule has 0 aliphatic rings. The van der Waals surface area contributed by atoms with Crippen molar-refractivity contribution in [2.75, 3.05) is 54.4 Å². The Bertz CT molecular complexity index is 1470. The van der Waals surface area contributed by atoms with Crippen molar-refractivity contribution < 1.29 is 9.90 Å². The van der Waals surface area contributed by atoms with Crippen molar-refractivity contribution in [2.24, 2.45) is 0 Å². The SMILES string of the molecule is Cc1c(O)c(=CNCCCCCN(C)C)c2nc3c(=O)ccc(C(=O)NCCCCCN(C)C)c3[nH]c2c1=O. The normalized spacial score (nSPS) is 12.2. The number of phenols is 1. The average Bonchev–Trinajstić information content (AvgIpc) is 2.89. The lowest BCUT2D eigenvalue weighted by atomic mass is 10.1. The van der Waals surface area contributed by atoms with E-state index in [0.29, 0.717) is 18.3 Å². The monoisotopic (exact) mass is 538 g/mol. The number of phenolic OH excluding ortho intramolecular Hbond substituents is 1. The summed E-state index contributed by atoms with van der Waals surface area (Å²) >= 11 is 0. The predicted molar refractivity (Wildman–Crippen MR) is 157 cm³/mol. The number of fused-ring (bicyclic) bond motifs is 2. The van der Waals surface area contributed by atoms with Gasteiger partial charge in [0.2, 0.25) is 10.9 Å². The van der Waals surface area contributed by atoms with Crippen molar-refractivity contribution in [1.29, 1.82) is 0 Å². The maximum Gasteiger partial charge on any atom is 0.253 e. The summed E-state index contributed by atoms with van der Waals surface area (Å²) in [6, 6.07) is 2.77. The Hall–Kier alpha value is -3.50.